The Kier molecular flexibility index (Phi) is 5.27. The summed E-state index contributed by atoms with van der Waals surface area (Å²) < 4.78 is 7.33. The van der Waals surface area contributed by atoms with Gasteiger partial charge in [-0.25, -0.2) is 19.3 Å². The minimum absolute atomic E-state index is 0.0603. The molecule has 31 heavy (non-hydrogen) atoms. The zero-order valence-corrected chi connectivity index (χ0v) is 16.8. The maximum atomic E-state index is 13.0. The van der Waals surface area contributed by atoms with Gasteiger partial charge in [-0.05, 0) is 38.1 Å². The van der Waals surface area contributed by atoms with Crippen molar-refractivity contribution in [3.63, 3.8) is 0 Å². The van der Waals surface area contributed by atoms with Gasteiger partial charge in [0.1, 0.15) is 0 Å². The lowest BCUT2D eigenvalue weighted by Gasteiger charge is -2.11. The average molecular weight is 418 g/mol. The van der Waals surface area contributed by atoms with Gasteiger partial charge in [0.05, 0.1) is 6.54 Å². The topological polar surface area (TPSA) is 125 Å². The zero-order chi connectivity index (χ0) is 22.0. The minimum atomic E-state index is -0.790. The molecule has 156 valence electrons. The van der Waals surface area contributed by atoms with Crippen LogP contribution in [-0.2, 0) is 6.54 Å². The maximum Gasteiger partial charge on any atom is 0.442 e. The third-order valence-corrected chi connectivity index (χ3v) is 4.73. The Balaban J connectivity index is 1.60. The number of hydrogen-bond donors (Lipinski definition) is 1. The number of nitrogens with zero attached hydrogens (tertiary/aromatic N) is 5. The van der Waals surface area contributed by atoms with Crippen molar-refractivity contribution in [1.82, 2.24) is 24.4 Å². The van der Waals surface area contributed by atoms with Crippen LogP contribution in [0.4, 0.5) is 0 Å². The van der Waals surface area contributed by atoms with Crippen LogP contribution in [-0.4, -0.2) is 36.1 Å². The molecule has 0 atom stereocenters. The van der Waals surface area contributed by atoms with Crippen LogP contribution in [0.2, 0.25) is 0 Å². The highest BCUT2D eigenvalue weighted by Gasteiger charge is 2.22. The van der Waals surface area contributed by atoms with Crippen molar-refractivity contribution >= 4 is 11.7 Å². The number of nitrogens with one attached hydrogen (secondary N) is 1. The van der Waals surface area contributed by atoms with Crippen molar-refractivity contribution < 1.29 is 14.1 Å². The Hall–Kier alpha value is -4.34. The van der Waals surface area contributed by atoms with Crippen LogP contribution in [0.15, 0.2) is 64.2 Å². The molecule has 10 nitrogen and oxygen atoms in total. The first-order chi connectivity index (χ1) is 15.0. The molecule has 4 aromatic rings. The van der Waals surface area contributed by atoms with Gasteiger partial charge in [0.15, 0.2) is 11.6 Å². The van der Waals surface area contributed by atoms with Crippen LogP contribution in [0.25, 0.3) is 11.6 Å². The molecule has 0 spiro atoms. The molecule has 1 aromatic carbocycles. The quantitative estimate of drug-likeness (QED) is 0.475. The smallest absolute Gasteiger partial charge is 0.295 e. The summed E-state index contributed by atoms with van der Waals surface area (Å²) in [5, 5.41) is 3.69. The van der Waals surface area contributed by atoms with E-state index in [0.29, 0.717) is 22.5 Å². The molecule has 3 heterocycles. The summed E-state index contributed by atoms with van der Waals surface area (Å²) in [5.41, 5.74) is 4.83. The van der Waals surface area contributed by atoms with Gasteiger partial charge < -0.3 is 0 Å². The van der Waals surface area contributed by atoms with Gasteiger partial charge >= 0.3 is 5.76 Å². The normalized spacial score (nSPS) is 10.8. The summed E-state index contributed by atoms with van der Waals surface area (Å²) >= 11 is 0. The van der Waals surface area contributed by atoms with Crippen molar-refractivity contribution in [3.05, 3.63) is 87.9 Å². The van der Waals surface area contributed by atoms with Crippen molar-refractivity contribution in [3.8, 4) is 11.6 Å². The van der Waals surface area contributed by atoms with Crippen molar-refractivity contribution in [1.29, 1.82) is 0 Å². The third kappa shape index (κ3) is 3.90. The van der Waals surface area contributed by atoms with E-state index in [2.05, 4.69) is 20.6 Å². The van der Waals surface area contributed by atoms with E-state index in [1.807, 2.05) is 6.07 Å². The molecule has 0 radical (unpaired) electrons. The summed E-state index contributed by atoms with van der Waals surface area (Å²) in [6.45, 7) is 3.17. The second kappa shape index (κ2) is 8.19. The molecule has 0 bridgehead atoms. The van der Waals surface area contributed by atoms with E-state index in [0.717, 1.165) is 4.57 Å². The summed E-state index contributed by atoms with van der Waals surface area (Å²) in [6, 6.07) is 12.0. The van der Waals surface area contributed by atoms with Crippen LogP contribution >= 0.6 is 0 Å². The summed E-state index contributed by atoms with van der Waals surface area (Å²) in [6.07, 6.45) is 2.99. The lowest BCUT2D eigenvalue weighted by atomic mass is 10.1. The van der Waals surface area contributed by atoms with E-state index in [1.165, 1.54) is 12.4 Å². The monoisotopic (exact) mass is 418 g/mol. The van der Waals surface area contributed by atoms with Gasteiger partial charge in [-0.1, -0.05) is 23.4 Å². The van der Waals surface area contributed by atoms with E-state index in [4.69, 9.17) is 4.52 Å². The van der Waals surface area contributed by atoms with Crippen LogP contribution in [0.1, 0.15) is 32.1 Å². The molecule has 0 saturated heterocycles. The SMILES string of the molecule is Cc1cc(C(=O)Cn2c(-c3ncccn3)noc2=O)c(C)n1NC(=O)c1ccccc1. The molecule has 1 N–H and O–H groups in total. The van der Waals surface area contributed by atoms with Crippen LogP contribution < -0.4 is 11.2 Å². The molecule has 3 aromatic heterocycles. The van der Waals surface area contributed by atoms with Crippen molar-refractivity contribution in [2.45, 2.75) is 20.4 Å². The molecular formula is C21H18N6O4. The van der Waals surface area contributed by atoms with Gasteiger partial charge in [-0.3, -0.25) is 24.2 Å². The number of aromatic nitrogens is 5. The molecule has 0 saturated carbocycles. The zero-order valence-electron chi connectivity index (χ0n) is 16.8. The predicted octanol–water partition coefficient (Wildman–Crippen LogP) is 1.98. The first kappa shape index (κ1) is 20.0. The lowest BCUT2D eigenvalue weighted by molar-refractivity contribution is 0.0965. The number of rotatable bonds is 6. The Morgan fingerprint density at radius 3 is 2.48 bits per heavy atom. The number of ketones is 1. The molecule has 0 aliphatic heterocycles. The van der Waals surface area contributed by atoms with Gasteiger partial charge in [0.25, 0.3) is 5.91 Å². The first-order valence-electron chi connectivity index (χ1n) is 9.38. The van der Waals surface area contributed by atoms with Gasteiger partial charge in [0, 0.05) is 34.9 Å². The Morgan fingerprint density at radius 1 is 1.06 bits per heavy atom. The minimum Gasteiger partial charge on any atom is -0.295 e. The van der Waals surface area contributed by atoms with E-state index in [9.17, 15) is 14.4 Å². The fourth-order valence-electron chi connectivity index (χ4n) is 3.18. The molecule has 0 aliphatic carbocycles. The molecule has 4 rings (SSSR count). The predicted molar refractivity (Wildman–Crippen MR) is 110 cm³/mol. The van der Waals surface area contributed by atoms with Crippen molar-refractivity contribution in [2.75, 3.05) is 5.43 Å². The number of aryl methyl sites for hydroxylation is 1. The molecule has 10 heteroatoms. The van der Waals surface area contributed by atoms with Crippen molar-refractivity contribution in [2.24, 2.45) is 0 Å². The maximum absolute atomic E-state index is 13.0. The number of benzene rings is 1. The number of amides is 1. The Bertz CT molecular complexity index is 1300. The van der Waals surface area contributed by atoms with Gasteiger partial charge in [-0.2, -0.15) is 0 Å². The largest absolute Gasteiger partial charge is 0.442 e. The summed E-state index contributed by atoms with van der Waals surface area (Å²) in [7, 11) is 0. The third-order valence-electron chi connectivity index (χ3n) is 4.73. The molecule has 0 aliphatic rings. The van der Waals surface area contributed by atoms with Gasteiger partial charge in [-0.15, -0.1) is 0 Å². The molecule has 0 fully saturated rings. The second-order valence-electron chi connectivity index (χ2n) is 6.78. The van der Waals surface area contributed by atoms with Crippen LogP contribution in [0.5, 0.6) is 0 Å². The first-order valence-corrected chi connectivity index (χ1v) is 9.38. The van der Waals surface area contributed by atoms with Crippen LogP contribution in [0, 0.1) is 13.8 Å². The van der Waals surface area contributed by atoms with E-state index < -0.39 is 5.76 Å². The highest BCUT2D eigenvalue weighted by atomic mass is 16.5. The molecule has 1 amide bonds. The van der Waals surface area contributed by atoms with E-state index in [-0.39, 0.29) is 29.9 Å². The van der Waals surface area contributed by atoms with E-state index in [1.54, 1.807) is 54.9 Å². The average Bonchev–Trinajstić information content (AvgIpc) is 3.29. The fraction of sp³-hybridized carbons (Fsp3) is 0.143. The number of carbonyl (C=O) groups is 2. The second-order valence-corrected chi connectivity index (χ2v) is 6.78. The highest BCUT2D eigenvalue weighted by Crippen LogP contribution is 2.17. The van der Waals surface area contributed by atoms with Crippen LogP contribution in [0.3, 0.4) is 0 Å². The number of Topliss-reactive ketones (excluding diaryl/α,β-unsaturated/α-hetero) is 1. The molecular weight excluding hydrogens is 400 g/mol. The Labute approximate surface area is 176 Å². The summed E-state index contributed by atoms with van der Waals surface area (Å²) in [4.78, 5) is 45.7. The molecule has 0 unspecified atom stereocenters. The fourth-order valence-corrected chi connectivity index (χ4v) is 3.18. The number of carbonyl (C=O) groups excluding carboxylic acids is 2. The standard InChI is InChI=1S/C21H18N6O4/c1-13-11-16(14(2)27(13)24-20(29)15-7-4-3-5-8-15)17(28)12-26-19(25-31-21(26)30)18-22-9-6-10-23-18/h3-11H,12H2,1-2H3,(H,24,29). The highest BCUT2D eigenvalue weighted by molar-refractivity contribution is 6.01. The van der Waals surface area contributed by atoms with Gasteiger partial charge in [0.2, 0.25) is 5.82 Å². The number of hydrogen-bond acceptors (Lipinski definition) is 7. The van der Waals surface area contributed by atoms with E-state index >= 15 is 0 Å². The Morgan fingerprint density at radius 2 is 1.77 bits per heavy atom. The summed E-state index contributed by atoms with van der Waals surface area (Å²) in [5.74, 6) is -1.22. The lowest BCUT2D eigenvalue weighted by Crippen LogP contribution is -2.25.